The molecule has 0 saturated heterocycles. The van der Waals surface area contributed by atoms with E-state index in [4.69, 9.17) is 23.7 Å². The third kappa shape index (κ3) is 4.90. The van der Waals surface area contributed by atoms with Gasteiger partial charge in [0.2, 0.25) is 0 Å². The molecule has 0 aliphatic rings. The van der Waals surface area contributed by atoms with Crippen LogP contribution in [0.1, 0.15) is 0 Å². The second kappa shape index (κ2) is 9.06. The van der Waals surface area contributed by atoms with Crippen molar-refractivity contribution >= 4 is 0 Å². The maximum Gasteiger partial charge on any atom is 0.114 e. The van der Waals surface area contributed by atoms with E-state index in [9.17, 15) is 0 Å². The van der Waals surface area contributed by atoms with Crippen LogP contribution >= 0.6 is 0 Å². The van der Waals surface area contributed by atoms with Gasteiger partial charge in [0.25, 0.3) is 0 Å². The molecule has 0 heterocycles. The highest BCUT2D eigenvalue weighted by atomic mass is 16.6. The summed E-state index contributed by atoms with van der Waals surface area (Å²) in [7, 11) is 8.10. The van der Waals surface area contributed by atoms with Crippen molar-refractivity contribution in [3.05, 3.63) is 0 Å². The molecule has 0 unspecified atom stereocenters. The monoisotopic (exact) mass is 222 g/mol. The van der Waals surface area contributed by atoms with Crippen molar-refractivity contribution < 1.29 is 23.7 Å². The van der Waals surface area contributed by atoms with Gasteiger partial charge in [0.15, 0.2) is 0 Å². The largest absolute Gasteiger partial charge is 0.382 e. The van der Waals surface area contributed by atoms with Crippen LogP contribution in [0.15, 0.2) is 0 Å². The number of hydrogen-bond acceptors (Lipinski definition) is 5. The van der Waals surface area contributed by atoms with E-state index in [2.05, 4.69) is 0 Å². The van der Waals surface area contributed by atoms with Crippen molar-refractivity contribution in [2.75, 3.05) is 48.8 Å². The first-order valence-corrected chi connectivity index (χ1v) is 4.81. The highest BCUT2D eigenvalue weighted by Gasteiger charge is 2.29. The fourth-order valence-electron chi connectivity index (χ4n) is 1.47. The molecule has 0 N–H and O–H groups in total. The Morgan fingerprint density at radius 2 is 1.07 bits per heavy atom. The van der Waals surface area contributed by atoms with Crippen LogP contribution in [0.25, 0.3) is 0 Å². The molecule has 0 aliphatic heterocycles. The lowest BCUT2D eigenvalue weighted by molar-refractivity contribution is -0.137. The summed E-state index contributed by atoms with van der Waals surface area (Å²) in [6.45, 7) is 0.914. The van der Waals surface area contributed by atoms with Gasteiger partial charge in [-0.2, -0.15) is 0 Å². The van der Waals surface area contributed by atoms with Gasteiger partial charge in [-0.05, 0) is 0 Å². The fourth-order valence-corrected chi connectivity index (χ4v) is 1.47. The molecule has 0 amide bonds. The van der Waals surface area contributed by atoms with Gasteiger partial charge in [-0.1, -0.05) is 0 Å². The van der Waals surface area contributed by atoms with Crippen molar-refractivity contribution in [2.24, 2.45) is 0 Å². The van der Waals surface area contributed by atoms with Crippen molar-refractivity contribution in [1.29, 1.82) is 0 Å². The third-order valence-corrected chi connectivity index (χ3v) is 2.27. The Morgan fingerprint density at radius 1 is 0.667 bits per heavy atom. The van der Waals surface area contributed by atoms with Gasteiger partial charge >= 0.3 is 0 Å². The SMILES string of the molecule is COC[C@@H](OC)C(OC)[C@@H](COC)OC. The zero-order chi connectivity index (χ0) is 11.7. The standard InChI is InChI=1S/C10H22O5/c1-11-6-8(13-3)10(15-5)9(14-4)7-12-2/h8-10H,6-7H2,1-5H3/t8-,9-/m1/s1. The Hall–Kier alpha value is -0.200. The van der Waals surface area contributed by atoms with Gasteiger partial charge in [-0.25, -0.2) is 0 Å². The second-order valence-electron chi connectivity index (χ2n) is 3.16. The molecule has 5 nitrogen and oxygen atoms in total. The summed E-state index contributed by atoms with van der Waals surface area (Å²) in [6.07, 6.45) is -0.542. The van der Waals surface area contributed by atoms with Gasteiger partial charge in [0, 0.05) is 35.5 Å². The summed E-state index contributed by atoms with van der Waals surface area (Å²) in [6, 6.07) is 0. The minimum Gasteiger partial charge on any atom is -0.382 e. The molecule has 0 saturated carbocycles. The van der Waals surface area contributed by atoms with E-state index in [-0.39, 0.29) is 18.3 Å². The van der Waals surface area contributed by atoms with E-state index < -0.39 is 0 Å². The predicted octanol–water partition coefficient (Wildman–Crippen LogP) is 0.324. The zero-order valence-electron chi connectivity index (χ0n) is 10.2. The number of hydrogen-bond donors (Lipinski definition) is 0. The molecule has 92 valence electrons. The molecule has 0 spiro atoms. The Labute approximate surface area is 91.6 Å². The minimum absolute atomic E-state index is 0.167. The highest BCUT2D eigenvalue weighted by molar-refractivity contribution is 4.78. The molecule has 0 rings (SSSR count). The molecule has 15 heavy (non-hydrogen) atoms. The molecule has 0 bridgehead atoms. The molecule has 0 radical (unpaired) electrons. The summed E-state index contributed by atoms with van der Waals surface area (Å²) in [5.41, 5.74) is 0. The Balaban J connectivity index is 4.37. The topological polar surface area (TPSA) is 46.2 Å². The van der Waals surface area contributed by atoms with Crippen LogP contribution in [-0.2, 0) is 23.7 Å². The lowest BCUT2D eigenvalue weighted by Crippen LogP contribution is -2.45. The van der Waals surface area contributed by atoms with E-state index in [1.165, 1.54) is 0 Å². The van der Waals surface area contributed by atoms with Gasteiger partial charge in [0.1, 0.15) is 18.3 Å². The molecule has 0 aromatic carbocycles. The smallest absolute Gasteiger partial charge is 0.114 e. The molecule has 0 aromatic rings. The molecule has 0 aromatic heterocycles. The Bertz CT molecular complexity index is 128. The van der Waals surface area contributed by atoms with Gasteiger partial charge in [-0.15, -0.1) is 0 Å². The Kier molecular flexibility index (Phi) is 8.94. The van der Waals surface area contributed by atoms with Crippen molar-refractivity contribution in [1.82, 2.24) is 0 Å². The first-order valence-electron chi connectivity index (χ1n) is 4.81. The van der Waals surface area contributed by atoms with E-state index in [1.54, 1.807) is 35.5 Å². The second-order valence-corrected chi connectivity index (χ2v) is 3.16. The summed E-state index contributed by atoms with van der Waals surface area (Å²) >= 11 is 0. The average Bonchev–Trinajstić information content (AvgIpc) is 2.27. The van der Waals surface area contributed by atoms with Crippen LogP contribution < -0.4 is 0 Å². The third-order valence-electron chi connectivity index (χ3n) is 2.27. The zero-order valence-corrected chi connectivity index (χ0v) is 10.2. The molecule has 2 atom stereocenters. The van der Waals surface area contributed by atoms with Gasteiger partial charge in [-0.3, -0.25) is 0 Å². The number of methoxy groups -OCH3 is 5. The van der Waals surface area contributed by atoms with Crippen LogP contribution in [0, 0.1) is 0 Å². The molecule has 5 heteroatoms. The first kappa shape index (κ1) is 14.8. The van der Waals surface area contributed by atoms with E-state index in [0.717, 1.165) is 0 Å². The predicted molar refractivity (Wildman–Crippen MR) is 56.1 cm³/mol. The minimum atomic E-state index is -0.208. The van der Waals surface area contributed by atoms with Crippen LogP contribution in [0.4, 0.5) is 0 Å². The fraction of sp³-hybridized carbons (Fsp3) is 1.00. The van der Waals surface area contributed by atoms with Crippen LogP contribution in [0.2, 0.25) is 0 Å². The van der Waals surface area contributed by atoms with E-state index in [0.29, 0.717) is 13.2 Å². The van der Waals surface area contributed by atoms with E-state index in [1.807, 2.05) is 0 Å². The average molecular weight is 222 g/mol. The maximum absolute atomic E-state index is 5.35. The van der Waals surface area contributed by atoms with Crippen LogP contribution in [-0.4, -0.2) is 67.1 Å². The Morgan fingerprint density at radius 3 is 1.27 bits per heavy atom. The summed E-state index contributed by atoms with van der Waals surface area (Å²) < 4.78 is 26.0. The quantitative estimate of drug-likeness (QED) is 0.562. The normalized spacial score (nSPS) is 15.6. The molecular weight excluding hydrogens is 200 g/mol. The van der Waals surface area contributed by atoms with Crippen molar-refractivity contribution in [3.8, 4) is 0 Å². The van der Waals surface area contributed by atoms with Crippen molar-refractivity contribution in [2.45, 2.75) is 18.3 Å². The first-order chi connectivity index (χ1) is 7.24. The van der Waals surface area contributed by atoms with Crippen LogP contribution in [0.5, 0.6) is 0 Å². The summed E-state index contributed by atoms with van der Waals surface area (Å²) in [5, 5.41) is 0. The maximum atomic E-state index is 5.35. The van der Waals surface area contributed by atoms with Crippen LogP contribution in [0.3, 0.4) is 0 Å². The lowest BCUT2D eigenvalue weighted by atomic mass is 10.1. The van der Waals surface area contributed by atoms with Gasteiger partial charge < -0.3 is 23.7 Å². The highest BCUT2D eigenvalue weighted by Crippen LogP contribution is 2.11. The molecular formula is C10H22O5. The number of rotatable bonds is 9. The van der Waals surface area contributed by atoms with E-state index >= 15 is 0 Å². The lowest BCUT2D eigenvalue weighted by Gasteiger charge is -2.30. The number of ether oxygens (including phenoxy) is 5. The van der Waals surface area contributed by atoms with Crippen molar-refractivity contribution in [3.63, 3.8) is 0 Å². The molecule has 0 fully saturated rings. The molecule has 0 aliphatic carbocycles. The summed E-state index contributed by atoms with van der Waals surface area (Å²) in [5.74, 6) is 0. The summed E-state index contributed by atoms with van der Waals surface area (Å²) in [4.78, 5) is 0. The van der Waals surface area contributed by atoms with Gasteiger partial charge in [0.05, 0.1) is 13.2 Å².